The minimum absolute atomic E-state index is 0.0248. The van der Waals surface area contributed by atoms with Gasteiger partial charge in [0.1, 0.15) is 12.7 Å². The van der Waals surface area contributed by atoms with Gasteiger partial charge < -0.3 is 10.2 Å². The first-order valence-corrected chi connectivity index (χ1v) is 9.23. The van der Waals surface area contributed by atoms with Crippen molar-refractivity contribution in [1.29, 1.82) is 0 Å². The number of likely N-dealkylation sites (tertiary alicyclic amines) is 2. The summed E-state index contributed by atoms with van der Waals surface area (Å²) in [5.41, 5.74) is 0. The quantitative estimate of drug-likeness (QED) is 0.825. The lowest BCUT2D eigenvalue weighted by atomic mass is 10.0. The molecule has 2 amide bonds. The van der Waals surface area contributed by atoms with Crippen molar-refractivity contribution in [2.24, 2.45) is 0 Å². The largest absolute Gasteiger partial charge is 0.352 e. The number of hydrogen-bond donors (Lipinski definition) is 1. The van der Waals surface area contributed by atoms with E-state index < -0.39 is 0 Å². The molecule has 1 aromatic rings. The number of carbonyl (C=O) groups excluding carboxylic acids is 2. The van der Waals surface area contributed by atoms with E-state index in [4.69, 9.17) is 0 Å². The monoisotopic (exact) mass is 348 g/mol. The molecule has 2 atom stereocenters. The lowest BCUT2D eigenvalue weighted by Gasteiger charge is -2.38. The molecule has 2 fully saturated rings. The van der Waals surface area contributed by atoms with Crippen LogP contribution in [0.2, 0.25) is 0 Å². The number of carbonyl (C=O) groups is 2. The molecule has 0 bridgehead atoms. The first-order chi connectivity index (χ1) is 12.1. The number of hydrogen-bond acceptors (Lipinski definition) is 5. The minimum atomic E-state index is -0.0248. The van der Waals surface area contributed by atoms with Gasteiger partial charge in [0.2, 0.25) is 11.8 Å². The van der Waals surface area contributed by atoms with Crippen molar-refractivity contribution in [3.8, 4) is 0 Å². The van der Waals surface area contributed by atoms with Gasteiger partial charge in [0.15, 0.2) is 0 Å². The van der Waals surface area contributed by atoms with Crippen molar-refractivity contribution >= 4 is 11.8 Å². The Morgan fingerprint density at radius 1 is 1.20 bits per heavy atom. The van der Waals surface area contributed by atoms with Crippen LogP contribution in [0.3, 0.4) is 0 Å². The van der Waals surface area contributed by atoms with Gasteiger partial charge in [-0.3, -0.25) is 19.2 Å². The number of aromatic nitrogens is 3. The van der Waals surface area contributed by atoms with E-state index in [9.17, 15) is 9.59 Å². The van der Waals surface area contributed by atoms with E-state index in [0.717, 1.165) is 45.3 Å². The lowest BCUT2D eigenvalue weighted by molar-refractivity contribution is -0.135. The highest BCUT2D eigenvalue weighted by Crippen LogP contribution is 2.19. The van der Waals surface area contributed by atoms with Crippen molar-refractivity contribution < 1.29 is 9.59 Å². The highest BCUT2D eigenvalue weighted by Gasteiger charge is 2.29. The van der Waals surface area contributed by atoms with Gasteiger partial charge in [-0.05, 0) is 32.2 Å². The van der Waals surface area contributed by atoms with Crippen LogP contribution in [0.25, 0.3) is 0 Å². The van der Waals surface area contributed by atoms with E-state index in [1.54, 1.807) is 12.7 Å². The standard InChI is InChI=1S/C17H28N6O2/c1-14(24)20-15-5-4-8-22(9-15)17(25)11-21-7-3-2-6-16(21)10-23-13-18-12-19-23/h12-13,15-16H,2-11H2,1H3,(H,20,24)/t15-,16+/m0/s1. The molecule has 0 unspecified atom stereocenters. The summed E-state index contributed by atoms with van der Waals surface area (Å²) in [5, 5.41) is 7.14. The van der Waals surface area contributed by atoms with E-state index >= 15 is 0 Å². The highest BCUT2D eigenvalue weighted by atomic mass is 16.2. The second-order valence-electron chi connectivity index (χ2n) is 7.12. The third-order valence-corrected chi connectivity index (χ3v) is 5.13. The Bertz CT molecular complexity index is 576. The van der Waals surface area contributed by atoms with Crippen LogP contribution in [-0.2, 0) is 16.1 Å². The van der Waals surface area contributed by atoms with Crippen molar-refractivity contribution in [2.45, 2.75) is 57.7 Å². The zero-order valence-corrected chi connectivity index (χ0v) is 14.9. The van der Waals surface area contributed by atoms with Crippen molar-refractivity contribution in [3.63, 3.8) is 0 Å². The Balaban J connectivity index is 1.55. The fraction of sp³-hybridized carbons (Fsp3) is 0.765. The van der Waals surface area contributed by atoms with Crippen LogP contribution in [0.4, 0.5) is 0 Å². The maximum Gasteiger partial charge on any atom is 0.236 e. The van der Waals surface area contributed by atoms with Crippen LogP contribution in [0.5, 0.6) is 0 Å². The van der Waals surface area contributed by atoms with E-state index in [0.29, 0.717) is 19.1 Å². The molecule has 0 aliphatic carbocycles. The number of piperidine rings is 2. The number of nitrogens with one attached hydrogen (secondary N) is 1. The summed E-state index contributed by atoms with van der Waals surface area (Å²) in [6.45, 7) is 5.13. The molecule has 3 rings (SSSR count). The summed E-state index contributed by atoms with van der Waals surface area (Å²) in [7, 11) is 0. The fourth-order valence-corrected chi connectivity index (χ4v) is 3.90. The molecule has 0 aromatic carbocycles. The van der Waals surface area contributed by atoms with Gasteiger partial charge in [0, 0.05) is 32.1 Å². The van der Waals surface area contributed by atoms with E-state index in [1.165, 1.54) is 13.3 Å². The molecule has 0 saturated carbocycles. The number of amides is 2. The molecule has 1 aromatic heterocycles. The summed E-state index contributed by atoms with van der Waals surface area (Å²) in [6.07, 6.45) is 8.59. The molecule has 0 spiro atoms. The van der Waals surface area contributed by atoms with Crippen LogP contribution >= 0.6 is 0 Å². The predicted molar refractivity (Wildman–Crippen MR) is 92.7 cm³/mol. The second-order valence-corrected chi connectivity index (χ2v) is 7.12. The minimum Gasteiger partial charge on any atom is -0.352 e. The summed E-state index contributed by atoms with van der Waals surface area (Å²) < 4.78 is 1.85. The van der Waals surface area contributed by atoms with Crippen LogP contribution in [0.1, 0.15) is 39.0 Å². The van der Waals surface area contributed by atoms with Gasteiger partial charge >= 0.3 is 0 Å². The van der Waals surface area contributed by atoms with E-state index in [2.05, 4.69) is 20.3 Å². The topological polar surface area (TPSA) is 83.4 Å². The van der Waals surface area contributed by atoms with Gasteiger partial charge in [0.05, 0.1) is 13.1 Å². The molecule has 1 N–H and O–H groups in total. The van der Waals surface area contributed by atoms with Crippen LogP contribution < -0.4 is 5.32 Å². The molecule has 2 saturated heterocycles. The third kappa shape index (κ3) is 5.01. The van der Waals surface area contributed by atoms with Crippen molar-refractivity contribution in [2.75, 3.05) is 26.2 Å². The fourth-order valence-electron chi connectivity index (χ4n) is 3.90. The van der Waals surface area contributed by atoms with Crippen LogP contribution in [0.15, 0.2) is 12.7 Å². The molecule has 0 radical (unpaired) electrons. The molecular weight excluding hydrogens is 320 g/mol. The SMILES string of the molecule is CC(=O)N[C@H]1CCCN(C(=O)CN2CCCC[C@@H]2Cn2cncn2)C1. The predicted octanol–water partition coefficient (Wildman–Crippen LogP) is 0.260. The maximum atomic E-state index is 12.8. The second kappa shape index (κ2) is 8.42. The summed E-state index contributed by atoms with van der Waals surface area (Å²) in [6, 6.07) is 0.415. The molecule has 2 aliphatic rings. The average Bonchev–Trinajstić information content (AvgIpc) is 3.09. The summed E-state index contributed by atoms with van der Waals surface area (Å²) in [4.78, 5) is 32.2. The zero-order chi connectivity index (χ0) is 17.6. The van der Waals surface area contributed by atoms with Gasteiger partial charge in [-0.2, -0.15) is 5.10 Å². The highest BCUT2D eigenvalue weighted by molar-refractivity contribution is 5.78. The molecular formula is C17H28N6O2. The normalized spacial score (nSPS) is 24.9. The van der Waals surface area contributed by atoms with Crippen molar-refractivity contribution in [1.82, 2.24) is 29.9 Å². The summed E-state index contributed by atoms with van der Waals surface area (Å²) >= 11 is 0. The molecule has 25 heavy (non-hydrogen) atoms. The van der Waals surface area contributed by atoms with Gasteiger partial charge in [0.25, 0.3) is 0 Å². The first-order valence-electron chi connectivity index (χ1n) is 9.23. The average molecular weight is 348 g/mol. The lowest BCUT2D eigenvalue weighted by Crippen LogP contribution is -2.53. The maximum absolute atomic E-state index is 12.8. The zero-order valence-electron chi connectivity index (χ0n) is 14.9. The van der Waals surface area contributed by atoms with Gasteiger partial charge in [-0.15, -0.1) is 0 Å². The molecule has 2 aliphatic heterocycles. The third-order valence-electron chi connectivity index (χ3n) is 5.13. The number of nitrogens with zero attached hydrogens (tertiary/aromatic N) is 5. The number of rotatable bonds is 5. The van der Waals surface area contributed by atoms with Crippen molar-refractivity contribution in [3.05, 3.63) is 12.7 Å². The molecule has 3 heterocycles. The van der Waals surface area contributed by atoms with E-state index in [1.807, 2.05) is 9.58 Å². The Kier molecular flexibility index (Phi) is 6.01. The van der Waals surface area contributed by atoms with Gasteiger partial charge in [-0.1, -0.05) is 6.42 Å². The summed E-state index contributed by atoms with van der Waals surface area (Å²) in [5.74, 6) is 0.142. The molecule has 138 valence electrons. The van der Waals surface area contributed by atoms with Crippen LogP contribution in [-0.4, -0.2) is 74.6 Å². The smallest absolute Gasteiger partial charge is 0.236 e. The molecule has 8 nitrogen and oxygen atoms in total. The first kappa shape index (κ1) is 17.8. The Hall–Kier alpha value is -1.96. The Morgan fingerprint density at radius 2 is 2.08 bits per heavy atom. The van der Waals surface area contributed by atoms with E-state index in [-0.39, 0.29) is 17.9 Å². The molecule has 8 heteroatoms. The Morgan fingerprint density at radius 3 is 2.84 bits per heavy atom. The Labute approximate surface area is 148 Å². The van der Waals surface area contributed by atoms with Crippen LogP contribution in [0, 0.1) is 0 Å². The van der Waals surface area contributed by atoms with Gasteiger partial charge in [-0.25, -0.2) is 4.98 Å².